The van der Waals surface area contributed by atoms with Crippen LogP contribution in [0.2, 0.25) is 0 Å². The van der Waals surface area contributed by atoms with Crippen molar-refractivity contribution in [3.8, 4) is 0 Å². The second-order valence-electron chi connectivity index (χ2n) is 4.71. The molecule has 2 N–H and O–H groups in total. The van der Waals surface area contributed by atoms with Crippen molar-refractivity contribution in [2.75, 3.05) is 12.4 Å². The van der Waals surface area contributed by atoms with Crippen LogP contribution in [0.25, 0.3) is 0 Å². The molecule has 2 heteroatoms. The molecule has 0 heterocycles. The van der Waals surface area contributed by atoms with E-state index in [9.17, 15) is 0 Å². The van der Waals surface area contributed by atoms with Crippen LogP contribution in [-0.2, 0) is 6.54 Å². The molecular weight excluding hydrogens is 196 g/mol. The normalized spacial score (nSPS) is 17.3. The van der Waals surface area contributed by atoms with Gasteiger partial charge in [-0.3, -0.25) is 0 Å². The fourth-order valence-electron chi connectivity index (χ4n) is 2.46. The highest BCUT2D eigenvalue weighted by molar-refractivity contribution is 5.46. The van der Waals surface area contributed by atoms with E-state index in [1.807, 2.05) is 7.05 Å². The van der Waals surface area contributed by atoms with Crippen LogP contribution in [-0.4, -0.2) is 13.1 Å². The third kappa shape index (κ3) is 3.24. The summed E-state index contributed by atoms with van der Waals surface area (Å²) in [5.41, 5.74) is 2.63. The summed E-state index contributed by atoms with van der Waals surface area (Å²) in [6.45, 7) is 0.945. The molecule has 2 rings (SSSR count). The predicted octanol–water partition coefficient (Wildman–Crippen LogP) is 3.15. The van der Waals surface area contributed by atoms with Gasteiger partial charge in [0.15, 0.2) is 0 Å². The highest BCUT2D eigenvalue weighted by Crippen LogP contribution is 2.22. The van der Waals surface area contributed by atoms with Gasteiger partial charge in [-0.15, -0.1) is 0 Å². The molecule has 1 aromatic rings. The van der Waals surface area contributed by atoms with Crippen molar-refractivity contribution in [3.05, 3.63) is 29.8 Å². The van der Waals surface area contributed by atoms with Crippen LogP contribution < -0.4 is 10.6 Å². The minimum atomic E-state index is 0.693. The fourth-order valence-corrected chi connectivity index (χ4v) is 2.46. The maximum Gasteiger partial charge on any atom is 0.0345 e. The first-order valence-electron chi connectivity index (χ1n) is 6.38. The minimum absolute atomic E-state index is 0.693. The van der Waals surface area contributed by atoms with Gasteiger partial charge < -0.3 is 10.6 Å². The topological polar surface area (TPSA) is 24.1 Å². The molecule has 16 heavy (non-hydrogen) atoms. The molecule has 2 nitrogen and oxygen atoms in total. The lowest BCUT2D eigenvalue weighted by molar-refractivity contribution is 0.462. The van der Waals surface area contributed by atoms with Crippen LogP contribution in [0.3, 0.4) is 0 Å². The molecular formula is C14H22N2. The highest BCUT2D eigenvalue weighted by atomic mass is 14.9. The summed E-state index contributed by atoms with van der Waals surface area (Å²) >= 11 is 0. The Hall–Kier alpha value is -1.02. The van der Waals surface area contributed by atoms with Crippen LogP contribution in [0, 0.1) is 0 Å². The van der Waals surface area contributed by atoms with E-state index in [1.54, 1.807) is 0 Å². The summed E-state index contributed by atoms with van der Waals surface area (Å²) in [6, 6.07) is 9.43. The molecule has 0 atom stereocenters. The summed E-state index contributed by atoms with van der Waals surface area (Å²) in [5, 5.41) is 6.84. The van der Waals surface area contributed by atoms with Gasteiger partial charge in [0.25, 0.3) is 0 Å². The van der Waals surface area contributed by atoms with Crippen molar-refractivity contribution < 1.29 is 0 Å². The highest BCUT2D eigenvalue weighted by Gasteiger charge is 2.12. The van der Waals surface area contributed by atoms with E-state index >= 15 is 0 Å². The minimum Gasteiger partial charge on any atom is -0.382 e. The molecule has 1 aliphatic rings. The number of anilines is 1. The van der Waals surface area contributed by atoms with Crippen molar-refractivity contribution in [3.63, 3.8) is 0 Å². The average Bonchev–Trinajstić information content (AvgIpc) is 2.31. The molecule has 1 aromatic carbocycles. The largest absolute Gasteiger partial charge is 0.382 e. The Bertz CT molecular complexity index is 316. The Kier molecular flexibility index (Phi) is 4.23. The molecule has 1 aliphatic carbocycles. The van der Waals surface area contributed by atoms with E-state index < -0.39 is 0 Å². The van der Waals surface area contributed by atoms with Gasteiger partial charge in [0.2, 0.25) is 0 Å². The van der Waals surface area contributed by atoms with Crippen LogP contribution in [0.4, 0.5) is 5.69 Å². The van der Waals surface area contributed by atoms with Gasteiger partial charge >= 0.3 is 0 Å². The van der Waals surface area contributed by atoms with E-state index in [0.29, 0.717) is 6.04 Å². The van der Waals surface area contributed by atoms with Gasteiger partial charge in [-0.05, 0) is 37.6 Å². The van der Waals surface area contributed by atoms with Gasteiger partial charge in [-0.25, -0.2) is 0 Å². The molecule has 0 spiro atoms. The van der Waals surface area contributed by atoms with Crippen molar-refractivity contribution in [2.24, 2.45) is 0 Å². The van der Waals surface area contributed by atoms with E-state index in [1.165, 1.54) is 43.4 Å². The third-order valence-corrected chi connectivity index (χ3v) is 3.28. The van der Waals surface area contributed by atoms with E-state index in [2.05, 4.69) is 34.9 Å². The Morgan fingerprint density at radius 1 is 1.19 bits per heavy atom. The summed E-state index contributed by atoms with van der Waals surface area (Å²) in [4.78, 5) is 0. The average molecular weight is 218 g/mol. The Balaban J connectivity index is 1.94. The molecule has 1 fully saturated rings. The summed E-state index contributed by atoms with van der Waals surface area (Å²) < 4.78 is 0. The first-order chi connectivity index (χ1) is 7.88. The van der Waals surface area contributed by atoms with E-state index in [0.717, 1.165) is 6.54 Å². The number of hydrogen-bond donors (Lipinski definition) is 2. The zero-order chi connectivity index (χ0) is 11.2. The molecule has 0 unspecified atom stereocenters. The smallest absolute Gasteiger partial charge is 0.0345 e. The molecule has 0 aliphatic heterocycles. The molecule has 0 radical (unpaired) electrons. The summed E-state index contributed by atoms with van der Waals surface area (Å²) in [7, 11) is 1.99. The molecule has 1 saturated carbocycles. The van der Waals surface area contributed by atoms with E-state index in [4.69, 9.17) is 0 Å². The third-order valence-electron chi connectivity index (χ3n) is 3.28. The Labute approximate surface area is 98.4 Å². The SMILES string of the molecule is CNCc1cccc(NC2CCCCC2)c1. The van der Waals surface area contributed by atoms with Crippen LogP contribution in [0.1, 0.15) is 37.7 Å². The van der Waals surface area contributed by atoms with Gasteiger partial charge in [0.05, 0.1) is 0 Å². The van der Waals surface area contributed by atoms with Crippen LogP contribution in [0.15, 0.2) is 24.3 Å². The van der Waals surface area contributed by atoms with Crippen molar-refractivity contribution in [1.29, 1.82) is 0 Å². The number of rotatable bonds is 4. The lowest BCUT2D eigenvalue weighted by Crippen LogP contribution is -2.22. The first-order valence-corrected chi connectivity index (χ1v) is 6.38. The predicted molar refractivity (Wildman–Crippen MR) is 69.7 cm³/mol. The molecule has 0 saturated heterocycles. The van der Waals surface area contributed by atoms with Gasteiger partial charge in [-0.2, -0.15) is 0 Å². The molecule has 88 valence electrons. The van der Waals surface area contributed by atoms with Gasteiger partial charge in [0.1, 0.15) is 0 Å². The fraction of sp³-hybridized carbons (Fsp3) is 0.571. The van der Waals surface area contributed by atoms with Crippen molar-refractivity contribution in [2.45, 2.75) is 44.7 Å². The maximum absolute atomic E-state index is 3.65. The Morgan fingerprint density at radius 2 is 2.00 bits per heavy atom. The quantitative estimate of drug-likeness (QED) is 0.811. The standard InChI is InChI=1S/C14H22N2/c1-15-11-12-6-5-9-14(10-12)16-13-7-3-2-4-8-13/h5-6,9-10,13,15-16H,2-4,7-8,11H2,1H3. The molecule has 0 aromatic heterocycles. The summed E-state index contributed by atoms with van der Waals surface area (Å²) in [6.07, 6.45) is 6.84. The first kappa shape index (κ1) is 11.5. The van der Waals surface area contributed by atoms with Gasteiger partial charge in [0, 0.05) is 18.3 Å². The second kappa shape index (κ2) is 5.90. The maximum atomic E-state index is 3.65. The lowest BCUT2D eigenvalue weighted by atomic mass is 9.95. The van der Waals surface area contributed by atoms with Crippen molar-refractivity contribution in [1.82, 2.24) is 5.32 Å². The monoisotopic (exact) mass is 218 g/mol. The lowest BCUT2D eigenvalue weighted by Gasteiger charge is -2.24. The van der Waals surface area contributed by atoms with Gasteiger partial charge in [-0.1, -0.05) is 31.4 Å². The zero-order valence-electron chi connectivity index (χ0n) is 10.1. The molecule has 0 amide bonds. The summed E-state index contributed by atoms with van der Waals surface area (Å²) in [5.74, 6) is 0. The van der Waals surface area contributed by atoms with Crippen LogP contribution in [0.5, 0.6) is 0 Å². The number of benzene rings is 1. The zero-order valence-corrected chi connectivity index (χ0v) is 10.1. The van der Waals surface area contributed by atoms with E-state index in [-0.39, 0.29) is 0 Å². The Morgan fingerprint density at radius 3 is 2.75 bits per heavy atom. The number of nitrogens with one attached hydrogen (secondary N) is 2. The second-order valence-corrected chi connectivity index (χ2v) is 4.71. The van der Waals surface area contributed by atoms with Crippen LogP contribution >= 0.6 is 0 Å². The number of hydrogen-bond acceptors (Lipinski definition) is 2. The molecule has 0 bridgehead atoms. The van der Waals surface area contributed by atoms with Crippen molar-refractivity contribution >= 4 is 5.69 Å².